The van der Waals surface area contributed by atoms with Crippen LogP contribution in [-0.4, -0.2) is 37.6 Å². The first-order valence-corrected chi connectivity index (χ1v) is 17.0. The van der Waals surface area contributed by atoms with E-state index in [1.165, 1.54) is 89.9 Å². The highest BCUT2D eigenvalue weighted by Gasteiger charge is 2.01. The summed E-state index contributed by atoms with van der Waals surface area (Å²) in [4.78, 5) is 21.1. The number of carboxylic acids is 1. The lowest BCUT2D eigenvalue weighted by Gasteiger charge is -2.02. The van der Waals surface area contributed by atoms with Crippen LogP contribution >= 0.6 is 33.9 Å². The van der Waals surface area contributed by atoms with Gasteiger partial charge in [0.25, 0.3) is 0 Å². The Morgan fingerprint density at radius 2 is 0.973 bits per heavy atom. The van der Waals surface area contributed by atoms with Crippen molar-refractivity contribution >= 4 is 55.2 Å². The van der Waals surface area contributed by atoms with Gasteiger partial charge in [-0.25, -0.2) is 4.18 Å². The summed E-state index contributed by atoms with van der Waals surface area (Å²) >= 11 is 10.1. The van der Waals surface area contributed by atoms with E-state index in [2.05, 4.69) is 33.4 Å². The van der Waals surface area contributed by atoms with Crippen molar-refractivity contribution in [3.05, 3.63) is 0 Å². The lowest BCUT2D eigenvalue weighted by molar-refractivity contribution is -0.141. The van der Waals surface area contributed by atoms with E-state index in [1.807, 2.05) is 0 Å². The van der Waals surface area contributed by atoms with Gasteiger partial charge in [-0.05, 0) is 12.8 Å². The van der Waals surface area contributed by atoms with Crippen LogP contribution in [0.2, 0.25) is 0 Å². The number of carbonyl (C=O) groups is 2. The second-order valence-electron chi connectivity index (χ2n) is 8.80. The number of carboxylic acid groups (broad SMARTS) is 1. The molecule has 0 aliphatic rings. The SMILES string of the molecule is CCCCCCCCCCCC(=O)O.CCCCCCCCCCCC(=O)OCCl.O=S(=O)(Cl)OCCl. The zero-order chi connectivity index (χ0) is 28.6. The van der Waals surface area contributed by atoms with Gasteiger partial charge in [-0.2, -0.15) is 8.42 Å². The molecule has 37 heavy (non-hydrogen) atoms. The maximum absolute atomic E-state index is 10.9. The van der Waals surface area contributed by atoms with Crippen molar-refractivity contribution in [3.63, 3.8) is 0 Å². The number of hydrogen-bond donors (Lipinski definition) is 1. The van der Waals surface area contributed by atoms with Crippen molar-refractivity contribution in [1.82, 2.24) is 0 Å². The van der Waals surface area contributed by atoms with E-state index in [0.29, 0.717) is 12.8 Å². The number of halogens is 3. The van der Waals surface area contributed by atoms with Crippen molar-refractivity contribution in [2.24, 2.45) is 0 Å². The lowest BCUT2D eigenvalue weighted by Crippen LogP contribution is -2.01. The van der Waals surface area contributed by atoms with E-state index in [1.54, 1.807) is 0 Å². The average Bonchev–Trinajstić information content (AvgIpc) is 2.82. The molecule has 0 heterocycles. The highest BCUT2D eigenvalue weighted by molar-refractivity contribution is 8.10. The standard InChI is InChI=1S/C13H25ClO2.C12H24O2.CH2Cl2O3S/c1-2-3-4-5-6-7-8-9-10-11-13(15)16-12-14;1-2-3-4-5-6-7-8-9-10-11-12(13)14;2-1-6-7(3,4)5/h2-12H2,1H3;2-11H2,1H3,(H,13,14);1H2. The Bertz CT molecular complexity index is 591. The van der Waals surface area contributed by atoms with Crippen molar-refractivity contribution in [3.8, 4) is 0 Å². The number of aliphatic carboxylic acids is 1. The highest BCUT2D eigenvalue weighted by atomic mass is 35.7. The molecule has 0 atom stereocenters. The van der Waals surface area contributed by atoms with Gasteiger partial charge in [-0.15, -0.1) is 0 Å². The molecule has 0 saturated heterocycles. The molecular weight excluding hydrogens is 563 g/mol. The molecule has 0 fully saturated rings. The molecule has 0 saturated carbocycles. The van der Waals surface area contributed by atoms with Gasteiger partial charge < -0.3 is 9.84 Å². The van der Waals surface area contributed by atoms with E-state index in [4.69, 9.17) is 28.3 Å². The van der Waals surface area contributed by atoms with Crippen LogP contribution in [0.25, 0.3) is 0 Å². The Morgan fingerprint density at radius 3 is 1.24 bits per heavy atom. The minimum Gasteiger partial charge on any atom is -0.481 e. The maximum atomic E-state index is 10.9. The summed E-state index contributed by atoms with van der Waals surface area (Å²) in [6, 6.07) is -0.456. The molecule has 0 aromatic carbocycles. The number of ether oxygens (including phenoxy) is 1. The van der Waals surface area contributed by atoms with E-state index < -0.39 is 21.4 Å². The summed E-state index contributed by atoms with van der Waals surface area (Å²) in [5, 5.41) is 8.41. The third-order valence-corrected chi connectivity index (χ3v) is 6.39. The fourth-order valence-electron chi connectivity index (χ4n) is 3.35. The third-order valence-electron chi connectivity index (χ3n) is 5.38. The van der Waals surface area contributed by atoms with Crippen molar-refractivity contribution in [2.75, 3.05) is 12.1 Å². The second-order valence-corrected chi connectivity index (χ2v) is 11.4. The average molecular weight is 614 g/mol. The fourth-order valence-corrected chi connectivity index (χ4v) is 4.20. The minimum atomic E-state index is -3.83. The molecular formula is C26H51Cl3O7S. The number of hydrogen-bond acceptors (Lipinski definition) is 6. The third kappa shape index (κ3) is 49.2. The van der Waals surface area contributed by atoms with Crippen LogP contribution in [0, 0.1) is 0 Å². The summed E-state index contributed by atoms with van der Waals surface area (Å²) in [5.74, 6) is -0.828. The number of carbonyl (C=O) groups excluding carboxylic acids is 1. The fraction of sp³-hybridized carbons (Fsp3) is 0.923. The van der Waals surface area contributed by atoms with Crippen LogP contribution in [0.1, 0.15) is 142 Å². The molecule has 1 N–H and O–H groups in total. The van der Waals surface area contributed by atoms with Gasteiger partial charge in [0.15, 0.2) is 6.07 Å². The van der Waals surface area contributed by atoms with Gasteiger partial charge in [-0.3, -0.25) is 9.59 Å². The predicted molar refractivity (Wildman–Crippen MR) is 155 cm³/mol. The Hall–Kier alpha value is -0.280. The molecule has 0 radical (unpaired) electrons. The van der Waals surface area contributed by atoms with E-state index in [0.717, 1.165) is 25.7 Å². The van der Waals surface area contributed by atoms with Gasteiger partial charge in [-0.1, -0.05) is 140 Å². The monoisotopic (exact) mass is 612 g/mol. The van der Waals surface area contributed by atoms with Crippen LogP contribution in [0.15, 0.2) is 0 Å². The van der Waals surface area contributed by atoms with Crippen molar-refractivity contribution in [2.45, 2.75) is 142 Å². The van der Waals surface area contributed by atoms with Gasteiger partial charge in [0.05, 0.1) is 0 Å². The van der Waals surface area contributed by atoms with E-state index in [-0.39, 0.29) is 12.0 Å². The molecule has 11 heteroatoms. The predicted octanol–water partition coefficient (Wildman–Crippen LogP) is 9.32. The van der Waals surface area contributed by atoms with Gasteiger partial charge >= 0.3 is 21.3 Å². The maximum Gasteiger partial charge on any atom is 0.356 e. The summed E-state index contributed by atoms with van der Waals surface area (Å²) in [6.45, 7) is 4.46. The summed E-state index contributed by atoms with van der Waals surface area (Å²) in [7, 11) is 0.665. The molecule has 0 aliphatic carbocycles. The van der Waals surface area contributed by atoms with Crippen LogP contribution in [0.3, 0.4) is 0 Å². The zero-order valence-electron chi connectivity index (χ0n) is 23.0. The number of rotatable bonds is 23. The first kappa shape index (κ1) is 41.2. The van der Waals surface area contributed by atoms with Crippen LogP contribution in [0.4, 0.5) is 0 Å². The zero-order valence-corrected chi connectivity index (χ0v) is 26.1. The van der Waals surface area contributed by atoms with Crippen LogP contribution in [0.5, 0.6) is 0 Å². The van der Waals surface area contributed by atoms with E-state index >= 15 is 0 Å². The Kier molecular flexibility index (Phi) is 37.6. The Morgan fingerprint density at radius 1 is 0.622 bits per heavy atom. The molecule has 0 rings (SSSR count). The minimum absolute atomic E-state index is 0.0176. The van der Waals surface area contributed by atoms with E-state index in [9.17, 15) is 18.0 Å². The molecule has 224 valence electrons. The first-order chi connectivity index (χ1) is 17.6. The summed E-state index contributed by atoms with van der Waals surface area (Å²) in [6.07, 6.45) is 23.3. The molecule has 7 nitrogen and oxygen atoms in total. The quantitative estimate of drug-likeness (QED) is 0.0529. The topological polar surface area (TPSA) is 107 Å². The molecule has 0 unspecified atom stereocenters. The smallest absolute Gasteiger partial charge is 0.356 e. The van der Waals surface area contributed by atoms with Gasteiger partial charge in [0, 0.05) is 23.5 Å². The van der Waals surface area contributed by atoms with Gasteiger partial charge in [0.1, 0.15) is 6.07 Å². The van der Waals surface area contributed by atoms with Crippen molar-refractivity contribution in [1.29, 1.82) is 0 Å². The number of esters is 1. The second kappa shape index (κ2) is 33.7. The summed E-state index contributed by atoms with van der Waals surface area (Å²) in [5.41, 5.74) is 0. The van der Waals surface area contributed by atoms with Crippen LogP contribution < -0.4 is 0 Å². The Labute approximate surface area is 240 Å². The molecule has 0 spiro atoms. The summed E-state index contributed by atoms with van der Waals surface area (Å²) < 4.78 is 27.8. The van der Waals surface area contributed by atoms with Crippen LogP contribution in [-0.2, 0) is 27.8 Å². The lowest BCUT2D eigenvalue weighted by atomic mass is 10.1. The van der Waals surface area contributed by atoms with Gasteiger partial charge in [0.2, 0.25) is 0 Å². The number of alkyl halides is 2. The molecule has 0 aliphatic heterocycles. The molecule has 0 bridgehead atoms. The van der Waals surface area contributed by atoms with Crippen molar-refractivity contribution < 1.29 is 32.0 Å². The largest absolute Gasteiger partial charge is 0.481 e. The first-order valence-electron chi connectivity index (χ1n) is 13.7. The molecule has 0 aromatic heterocycles. The highest BCUT2D eigenvalue weighted by Crippen LogP contribution is 2.11. The number of unbranched alkanes of at least 4 members (excludes halogenated alkanes) is 16. The molecule has 0 aromatic rings. The molecule has 0 amide bonds. The Balaban J connectivity index is -0.000000503. The normalized spacial score (nSPS) is 10.6.